The maximum atomic E-state index is 3.59. The average Bonchev–Trinajstić information content (AvgIpc) is 1.87. The van der Waals surface area contributed by atoms with Crippen LogP contribution in [0.3, 0.4) is 0 Å². The average molecular weight is 142 g/mol. The molecular formula is C8H18N2. The Kier molecular flexibility index (Phi) is 3.16. The molecule has 0 spiro atoms. The van der Waals surface area contributed by atoms with Crippen molar-refractivity contribution in [2.24, 2.45) is 0 Å². The van der Waals surface area contributed by atoms with Crippen LogP contribution >= 0.6 is 0 Å². The first-order valence-corrected chi connectivity index (χ1v) is 4.33. The Morgan fingerprint density at radius 2 is 2.00 bits per heavy atom. The summed E-state index contributed by atoms with van der Waals surface area (Å²) in [6, 6.07) is 1.50. The van der Waals surface area contributed by atoms with E-state index >= 15 is 0 Å². The molecule has 1 aliphatic rings. The van der Waals surface area contributed by atoms with Gasteiger partial charge < -0.3 is 10.6 Å². The smallest absolute Gasteiger partial charge is 0.0319 e. The lowest BCUT2D eigenvalue weighted by atomic mass is 10.1. The van der Waals surface area contributed by atoms with Gasteiger partial charge in [-0.2, -0.15) is 0 Å². The highest BCUT2D eigenvalue weighted by molar-refractivity contribution is 4.83. The highest BCUT2D eigenvalue weighted by atomic mass is 15.1. The van der Waals surface area contributed by atoms with Crippen LogP contribution in [0.5, 0.6) is 0 Å². The van der Waals surface area contributed by atoms with E-state index in [9.17, 15) is 0 Å². The third kappa shape index (κ3) is 1.96. The van der Waals surface area contributed by atoms with Gasteiger partial charge in [0.05, 0.1) is 0 Å². The Morgan fingerprint density at radius 1 is 1.40 bits per heavy atom. The van der Waals surface area contributed by atoms with E-state index in [-0.39, 0.29) is 0 Å². The van der Waals surface area contributed by atoms with Crippen molar-refractivity contribution in [2.75, 3.05) is 13.1 Å². The van der Waals surface area contributed by atoms with E-state index in [0.717, 1.165) is 25.2 Å². The molecule has 1 rings (SSSR count). The van der Waals surface area contributed by atoms with Crippen molar-refractivity contribution in [1.29, 1.82) is 0 Å². The minimum Gasteiger partial charge on any atom is -0.314 e. The number of nitrogens with one attached hydrogen (secondary N) is 2. The first kappa shape index (κ1) is 8.02. The zero-order valence-electron chi connectivity index (χ0n) is 6.98. The van der Waals surface area contributed by atoms with Gasteiger partial charge >= 0.3 is 0 Å². The van der Waals surface area contributed by atoms with E-state index < -0.39 is 0 Å². The third-order valence-corrected chi connectivity index (χ3v) is 2.24. The molecule has 0 aromatic heterocycles. The van der Waals surface area contributed by atoms with Crippen LogP contribution in [0.2, 0.25) is 0 Å². The fraction of sp³-hybridized carbons (Fsp3) is 1.00. The fourth-order valence-electron chi connectivity index (χ4n) is 1.26. The topological polar surface area (TPSA) is 24.1 Å². The highest BCUT2D eigenvalue weighted by Gasteiger charge is 2.18. The molecule has 60 valence electrons. The quantitative estimate of drug-likeness (QED) is 0.605. The molecule has 0 atom stereocenters. The fourth-order valence-corrected chi connectivity index (χ4v) is 1.26. The monoisotopic (exact) mass is 142 g/mol. The Hall–Kier alpha value is -0.0800. The zero-order chi connectivity index (χ0) is 7.40. The summed E-state index contributed by atoms with van der Waals surface area (Å²) in [6.07, 6.45) is 2.51. The van der Waals surface area contributed by atoms with Gasteiger partial charge in [-0.15, -0.1) is 0 Å². The van der Waals surface area contributed by atoms with Crippen LogP contribution in [0.4, 0.5) is 0 Å². The number of hydrogen-bond donors (Lipinski definition) is 2. The summed E-state index contributed by atoms with van der Waals surface area (Å²) in [4.78, 5) is 0. The van der Waals surface area contributed by atoms with Gasteiger partial charge in [-0.25, -0.2) is 0 Å². The molecule has 2 N–H and O–H groups in total. The first-order chi connectivity index (χ1) is 4.86. The molecule has 2 nitrogen and oxygen atoms in total. The second kappa shape index (κ2) is 3.94. The van der Waals surface area contributed by atoms with Crippen LogP contribution in [0.25, 0.3) is 0 Å². The van der Waals surface area contributed by atoms with E-state index in [4.69, 9.17) is 0 Å². The van der Waals surface area contributed by atoms with Crippen molar-refractivity contribution < 1.29 is 0 Å². The maximum absolute atomic E-state index is 3.59. The Balaban J connectivity index is 2.08. The summed E-state index contributed by atoms with van der Waals surface area (Å²) in [7, 11) is 0. The van der Waals surface area contributed by atoms with E-state index in [1.54, 1.807) is 0 Å². The first-order valence-electron chi connectivity index (χ1n) is 4.33. The second-order valence-electron chi connectivity index (χ2n) is 3.04. The maximum Gasteiger partial charge on any atom is 0.0319 e. The highest BCUT2D eigenvalue weighted by Crippen LogP contribution is 2.00. The van der Waals surface area contributed by atoms with Gasteiger partial charge in [0, 0.05) is 25.2 Å². The number of hydrogen-bond acceptors (Lipinski definition) is 2. The molecule has 1 fully saturated rings. The molecule has 0 unspecified atom stereocenters. The Bertz CT molecular complexity index is 85.3. The lowest BCUT2D eigenvalue weighted by Gasteiger charge is -2.31. The van der Waals surface area contributed by atoms with Crippen molar-refractivity contribution in [1.82, 2.24) is 10.6 Å². The molecule has 0 saturated carbocycles. The summed E-state index contributed by atoms with van der Waals surface area (Å²) in [5.74, 6) is 0. The molecule has 0 aromatic carbocycles. The van der Waals surface area contributed by atoms with Crippen molar-refractivity contribution in [2.45, 2.75) is 38.8 Å². The van der Waals surface area contributed by atoms with Crippen LogP contribution in [0.1, 0.15) is 26.7 Å². The SMILES string of the molecule is CCC(CC)NC1CNC1. The normalized spacial score (nSPS) is 19.5. The van der Waals surface area contributed by atoms with E-state index in [2.05, 4.69) is 24.5 Å². The largest absolute Gasteiger partial charge is 0.314 e. The lowest BCUT2D eigenvalue weighted by Crippen LogP contribution is -2.57. The van der Waals surface area contributed by atoms with Gasteiger partial charge in [-0.3, -0.25) is 0 Å². The predicted octanol–water partition coefficient (Wildman–Crippen LogP) is 0.736. The standard InChI is InChI=1S/C8H18N2/c1-3-7(4-2)10-8-5-9-6-8/h7-10H,3-6H2,1-2H3. The Labute approximate surface area is 63.4 Å². The molecule has 10 heavy (non-hydrogen) atoms. The van der Waals surface area contributed by atoms with Crippen LogP contribution < -0.4 is 10.6 Å². The molecule has 0 aliphatic carbocycles. The molecule has 1 saturated heterocycles. The molecule has 0 radical (unpaired) electrons. The van der Waals surface area contributed by atoms with E-state index in [1.165, 1.54) is 12.8 Å². The summed E-state index contributed by atoms with van der Waals surface area (Å²) < 4.78 is 0. The molecular weight excluding hydrogens is 124 g/mol. The van der Waals surface area contributed by atoms with Gasteiger partial charge in [0.1, 0.15) is 0 Å². The lowest BCUT2D eigenvalue weighted by molar-refractivity contribution is 0.318. The van der Waals surface area contributed by atoms with Crippen molar-refractivity contribution in [3.63, 3.8) is 0 Å². The van der Waals surface area contributed by atoms with Crippen molar-refractivity contribution in [3.05, 3.63) is 0 Å². The van der Waals surface area contributed by atoms with Gasteiger partial charge in [0.25, 0.3) is 0 Å². The van der Waals surface area contributed by atoms with Crippen LogP contribution in [0.15, 0.2) is 0 Å². The molecule has 1 heterocycles. The van der Waals surface area contributed by atoms with Crippen LogP contribution in [-0.4, -0.2) is 25.2 Å². The van der Waals surface area contributed by atoms with Crippen LogP contribution in [-0.2, 0) is 0 Å². The molecule has 2 heteroatoms. The summed E-state index contributed by atoms with van der Waals surface area (Å²) >= 11 is 0. The second-order valence-corrected chi connectivity index (χ2v) is 3.04. The van der Waals surface area contributed by atoms with Crippen LogP contribution in [0, 0.1) is 0 Å². The Morgan fingerprint density at radius 3 is 2.30 bits per heavy atom. The molecule has 0 aromatic rings. The van der Waals surface area contributed by atoms with E-state index in [0.29, 0.717) is 0 Å². The number of rotatable bonds is 4. The van der Waals surface area contributed by atoms with Crippen molar-refractivity contribution in [3.8, 4) is 0 Å². The van der Waals surface area contributed by atoms with Crippen molar-refractivity contribution >= 4 is 0 Å². The van der Waals surface area contributed by atoms with E-state index in [1.807, 2.05) is 0 Å². The minimum atomic E-state index is 0.743. The summed E-state index contributed by atoms with van der Waals surface area (Å²) in [5.41, 5.74) is 0. The van der Waals surface area contributed by atoms with Gasteiger partial charge in [-0.1, -0.05) is 13.8 Å². The minimum absolute atomic E-state index is 0.743. The third-order valence-electron chi connectivity index (χ3n) is 2.24. The predicted molar refractivity (Wildman–Crippen MR) is 44.2 cm³/mol. The zero-order valence-corrected chi connectivity index (χ0v) is 6.98. The molecule has 0 bridgehead atoms. The van der Waals surface area contributed by atoms with Gasteiger partial charge in [-0.05, 0) is 12.8 Å². The molecule has 0 amide bonds. The van der Waals surface area contributed by atoms with Gasteiger partial charge in [0.2, 0.25) is 0 Å². The summed E-state index contributed by atoms with van der Waals surface area (Å²) in [5, 5.41) is 6.84. The van der Waals surface area contributed by atoms with Gasteiger partial charge in [0.15, 0.2) is 0 Å². The summed E-state index contributed by atoms with van der Waals surface area (Å²) in [6.45, 7) is 6.81. The molecule has 1 aliphatic heterocycles.